The minimum atomic E-state index is -3.52. The van der Waals surface area contributed by atoms with Crippen LogP contribution in [0.4, 0.5) is 0 Å². The van der Waals surface area contributed by atoms with E-state index in [-0.39, 0.29) is 11.8 Å². The zero-order chi connectivity index (χ0) is 19.1. The summed E-state index contributed by atoms with van der Waals surface area (Å²) in [6.45, 7) is 0.689. The van der Waals surface area contributed by atoms with Gasteiger partial charge in [0.2, 0.25) is 15.9 Å². The Balaban J connectivity index is 1.40. The van der Waals surface area contributed by atoms with Gasteiger partial charge in [-0.15, -0.1) is 0 Å². The van der Waals surface area contributed by atoms with Crippen LogP contribution in [0.3, 0.4) is 0 Å². The number of sulfonamides is 1. The smallest absolute Gasteiger partial charge is 0.243 e. The Labute approximate surface area is 160 Å². The molecular weight excluding hydrogens is 362 g/mol. The first-order chi connectivity index (χ1) is 12.9. The Morgan fingerprint density at radius 3 is 2.48 bits per heavy atom. The highest BCUT2D eigenvalue weighted by Gasteiger charge is 2.41. The summed E-state index contributed by atoms with van der Waals surface area (Å²) in [5.41, 5.74) is 1.71. The molecule has 0 radical (unpaired) electrons. The normalized spacial score (nSPS) is 22.5. The molecule has 1 aliphatic heterocycles. The molecule has 144 valence electrons. The van der Waals surface area contributed by atoms with Crippen molar-refractivity contribution in [2.24, 2.45) is 5.92 Å². The first kappa shape index (κ1) is 18.5. The maximum absolute atomic E-state index is 13.0. The van der Waals surface area contributed by atoms with Gasteiger partial charge in [0.1, 0.15) is 5.54 Å². The third-order valence-corrected chi connectivity index (χ3v) is 8.21. The molecule has 6 nitrogen and oxygen atoms in total. The molecule has 1 saturated carbocycles. The zero-order valence-corrected chi connectivity index (χ0v) is 16.2. The van der Waals surface area contributed by atoms with Crippen LogP contribution < -0.4 is 5.32 Å². The minimum absolute atomic E-state index is 0.106. The fraction of sp³-hybridized carbons (Fsp3) is 0.600. The molecule has 7 heteroatoms. The fourth-order valence-corrected chi connectivity index (χ4v) is 5.87. The van der Waals surface area contributed by atoms with E-state index in [1.165, 1.54) is 9.87 Å². The van der Waals surface area contributed by atoms with Gasteiger partial charge >= 0.3 is 0 Å². The summed E-state index contributed by atoms with van der Waals surface area (Å²) in [6, 6.07) is 7.70. The standard InChI is InChI=1S/C20H25N3O3S/c21-14-20(9-2-10-20)22-19(24)16-7-11-23(12-8-16)27(25,26)18-6-5-15-3-1-4-17(15)13-18/h5-6,13,16H,1-4,7-12H2,(H,22,24). The van der Waals surface area contributed by atoms with Crippen LogP contribution in [0.25, 0.3) is 0 Å². The van der Waals surface area contributed by atoms with E-state index in [1.54, 1.807) is 6.07 Å². The second kappa shape index (κ2) is 6.92. The van der Waals surface area contributed by atoms with Crippen molar-refractivity contribution in [3.8, 4) is 6.07 Å². The highest BCUT2D eigenvalue weighted by molar-refractivity contribution is 7.89. The van der Waals surface area contributed by atoms with E-state index in [2.05, 4.69) is 11.4 Å². The van der Waals surface area contributed by atoms with E-state index >= 15 is 0 Å². The molecule has 1 N–H and O–H groups in total. The Morgan fingerprint density at radius 2 is 1.85 bits per heavy atom. The highest BCUT2D eigenvalue weighted by Crippen LogP contribution is 2.33. The number of fused-ring (bicyclic) bond motifs is 1. The number of aryl methyl sites for hydroxylation is 2. The van der Waals surface area contributed by atoms with Crippen molar-refractivity contribution < 1.29 is 13.2 Å². The zero-order valence-electron chi connectivity index (χ0n) is 15.4. The van der Waals surface area contributed by atoms with Crippen molar-refractivity contribution >= 4 is 15.9 Å². The summed E-state index contributed by atoms with van der Waals surface area (Å²) in [7, 11) is -3.52. The number of carbonyl (C=O) groups is 1. The van der Waals surface area contributed by atoms with Crippen molar-refractivity contribution in [1.29, 1.82) is 5.26 Å². The van der Waals surface area contributed by atoms with E-state index in [9.17, 15) is 18.5 Å². The molecule has 2 fully saturated rings. The molecule has 2 aliphatic carbocycles. The predicted molar refractivity (Wildman–Crippen MR) is 100 cm³/mol. The van der Waals surface area contributed by atoms with E-state index in [1.807, 2.05) is 12.1 Å². The lowest BCUT2D eigenvalue weighted by atomic mass is 9.77. The van der Waals surface area contributed by atoms with Crippen molar-refractivity contribution in [3.63, 3.8) is 0 Å². The molecule has 1 amide bonds. The summed E-state index contributed by atoms with van der Waals surface area (Å²) in [4.78, 5) is 12.9. The summed E-state index contributed by atoms with van der Waals surface area (Å²) < 4.78 is 27.4. The quantitative estimate of drug-likeness (QED) is 0.857. The average molecular weight is 388 g/mol. The highest BCUT2D eigenvalue weighted by atomic mass is 32.2. The molecule has 1 saturated heterocycles. The first-order valence-electron chi connectivity index (χ1n) is 9.79. The van der Waals surface area contributed by atoms with E-state index < -0.39 is 15.6 Å². The largest absolute Gasteiger partial charge is 0.338 e. The molecule has 1 aromatic carbocycles. The van der Waals surface area contributed by atoms with Crippen LogP contribution in [0.15, 0.2) is 23.1 Å². The maximum atomic E-state index is 13.0. The molecule has 0 aromatic heterocycles. The van der Waals surface area contributed by atoms with Crippen molar-refractivity contribution in [2.45, 2.75) is 61.8 Å². The number of benzene rings is 1. The van der Waals surface area contributed by atoms with E-state index in [0.29, 0.717) is 43.7 Å². The third kappa shape index (κ3) is 3.37. The number of nitrogens with zero attached hydrogens (tertiary/aromatic N) is 2. The van der Waals surface area contributed by atoms with Gasteiger partial charge in [-0.25, -0.2) is 8.42 Å². The van der Waals surface area contributed by atoms with Gasteiger partial charge in [-0.2, -0.15) is 9.57 Å². The fourth-order valence-electron chi connectivity index (χ4n) is 4.35. The van der Waals surface area contributed by atoms with Gasteiger partial charge < -0.3 is 5.32 Å². The summed E-state index contributed by atoms with van der Waals surface area (Å²) in [6.07, 6.45) is 6.44. The number of hydrogen-bond acceptors (Lipinski definition) is 4. The van der Waals surface area contributed by atoms with Gasteiger partial charge in [0.15, 0.2) is 0 Å². The van der Waals surface area contributed by atoms with Crippen molar-refractivity contribution in [1.82, 2.24) is 9.62 Å². The first-order valence-corrected chi connectivity index (χ1v) is 11.2. The minimum Gasteiger partial charge on any atom is -0.338 e. The van der Waals surface area contributed by atoms with Crippen LogP contribution >= 0.6 is 0 Å². The van der Waals surface area contributed by atoms with Crippen LogP contribution in [0.2, 0.25) is 0 Å². The molecule has 1 aromatic rings. The molecule has 0 spiro atoms. The lowest BCUT2D eigenvalue weighted by Crippen LogP contribution is -2.55. The lowest BCUT2D eigenvalue weighted by molar-refractivity contribution is -0.128. The van der Waals surface area contributed by atoms with Gasteiger partial charge in [0, 0.05) is 19.0 Å². The molecule has 27 heavy (non-hydrogen) atoms. The Hall–Kier alpha value is -1.91. The summed E-state index contributed by atoms with van der Waals surface area (Å²) >= 11 is 0. The Morgan fingerprint density at radius 1 is 1.15 bits per heavy atom. The maximum Gasteiger partial charge on any atom is 0.243 e. The van der Waals surface area contributed by atoms with Crippen molar-refractivity contribution in [3.05, 3.63) is 29.3 Å². The SMILES string of the molecule is N#CC1(NC(=O)C2CCN(S(=O)(=O)c3ccc4c(c3)CCC4)CC2)CCC1. The Bertz CT molecular complexity index is 892. The van der Waals surface area contributed by atoms with Crippen LogP contribution in [0.1, 0.15) is 49.7 Å². The molecular formula is C20H25N3O3S. The molecule has 0 unspecified atom stereocenters. The number of rotatable bonds is 4. The van der Waals surface area contributed by atoms with Crippen LogP contribution in [0.5, 0.6) is 0 Å². The number of hydrogen-bond donors (Lipinski definition) is 1. The number of piperidine rings is 1. The average Bonchev–Trinajstić information content (AvgIpc) is 3.12. The van der Waals surface area contributed by atoms with Gasteiger partial charge in [0.05, 0.1) is 11.0 Å². The van der Waals surface area contributed by atoms with Gasteiger partial charge in [-0.05, 0) is 74.6 Å². The molecule has 0 bridgehead atoms. The van der Waals surface area contributed by atoms with Crippen LogP contribution in [0, 0.1) is 17.2 Å². The Kier molecular flexibility index (Phi) is 4.73. The van der Waals surface area contributed by atoms with Gasteiger partial charge in [0.25, 0.3) is 0 Å². The van der Waals surface area contributed by atoms with Crippen LogP contribution in [-0.4, -0.2) is 37.3 Å². The van der Waals surface area contributed by atoms with E-state index in [4.69, 9.17) is 0 Å². The monoisotopic (exact) mass is 387 g/mol. The number of nitriles is 1. The topological polar surface area (TPSA) is 90.3 Å². The molecule has 3 aliphatic rings. The van der Waals surface area contributed by atoms with Gasteiger partial charge in [-0.1, -0.05) is 6.07 Å². The summed E-state index contributed by atoms with van der Waals surface area (Å²) in [5, 5.41) is 12.2. The molecule has 1 heterocycles. The summed E-state index contributed by atoms with van der Waals surface area (Å²) in [5.74, 6) is -0.326. The number of nitrogens with one attached hydrogen (secondary N) is 1. The predicted octanol–water partition coefficient (Wildman–Crippen LogP) is 2.14. The lowest BCUT2D eigenvalue weighted by Gasteiger charge is -2.38. The molecule has 0 atom stereocenters. The van der Waals surface area contributed by atoms with Crippen molar-refractivity contribution in [2.75, 3.05) is 13.1 Å². The van der Waals surface area contributed by atoms with Crippen LogP contribution in [-0.2, 0) is 27.7 Å². The number of amides is 1. The third-order valence-electron chi connectivity index (χ3n) is 6.32. The van der Waals surface area contributed by atoms with Gasteiger partial charge in [-0.3, -0.25) is 4.79 Å². The second-order valence-corrected chi connectivity index (χ2v) is 9.94. The second-order valence-electron chi connectivity index (χ2n) is 8.00. The van der Waals surface area contributed by atoms with E-state index in [0.717, 1.165) is 31.2 Å². The number of carbonyl (C=O) groups excluding carboxylic acids is 1. The molecule has 4 rings (SSSR count).